The second kappa shape index (κ2) is 6.19. The van der Waals surface area contributed by atoms with Gasteiger partial charge in [0.2, 0.25) is 0 Å². The summed E-state index contributed by atoms with van der Waals surface area (Å²) in [6.45, 7) is 2.53. The standard InChI is InChI=1S/C15H30N2/c1-16-12-15(10-6-3-7-11-15)13-17(2)14-8-4-5-9-14/h14,16H,3-13H2,1-2H3. The van der Waals surface area contributed by atoms with Crippen molar-refractivity contribution in [2.45, 2.75) is 63.8 Å². The lowest BCUT2D eigenvalue weighted by atomic mass is 9.73. The molecule has 0 heterocycles. The molecule has 2 saturated carbocycles. The third-order valence-electron chi connectivity index (χ3n) is 5.00. The average Bonchev–Trinajstić information content (AvgIpc) is 2.84. The maximum Gasteiger partial charge on any atom is 0.00924 e. The fourth-order valence-electron chi connectivity index (χ4n) is 4.07. The lowest BCUT2D eigenvalue weighted by molar-refractivity contribution is 0.0958. The van der Waals surface area contributed by atoms with Crippen LogP contribution in [-0.4, -0.2) is 38.1 Å². The zero-order valence-corrected chi connectivity index (χ0v) is 11.8. The van der Waals surface area contributed by atoms with Gasteiger partial charge in [0.1, 0.15) is 0 Å². The molecule has 2 aliphatic rings. The van der Waals surface area contributed by atoms with Crippen molar-refractivity contribution in [2.24, 2.45) is 5.41 Å². The first kappa shape index (κ1) is 13.4. The first-order valence-electron chi connectivity index (χ1n) is 7.61. The predicted molar refractivity (Wildman–Crippen MR) is 74.3 cm³/mol. The molecule has 2 heteroatoms. The van der Waals surface area contributed by atoms with Crippen LogP contribution in [0, 0.1) is 5.41 Å². The molecular weight excluding hydrogens is 208 g/mol. The molecule has 0 amide bonds. The molecule has 0 atom stereocenters. The van der Waals surface area contributed by atoms with Gasteiger partial charge in [0.15, 0.2) is 0 Å². The largest absolute Gasteiger partial charge is 0.319 e. The van der Waals surface area contributed by atoms with Crippen LogP contribution in [0.15, 0.2) is 0 Å². The Morgan fingerprint density at radius 3 is 2.29 bits per heavy atom. The van der Waals surface area contributed by atoms with Crippen molar-refractivity contribution in [3.8, 4) is 0 Å². The fraction of sp³-hybridized carbons (Fsp3) is 1.00. The maximum atomic E-state index is 3.45. The summed E-state index contributed by atoms with van der Waals surface area (Å²) in [5.41, 5.74) is 0.574. The van der Waals surface area contributed by atoms with Gasteiger partial charge in [-0.05, 0) is 45.2 Å². The molecule has 2 fully saturated rings. The van der Waals surface area contributed by atoms with Crippen LogP contribution in [0.25, 0.3) is 0 Å². The Balaban J connectivity index is 1.91. The van der Waals surface area contributed by atoms with E-state index in [-0.39, 0.29) is 0 Å². The van der Waals surface area contributed by atoms with Crippen molar-refractivity contribution in [1.29, 1.82) is 0 Å². The third-order valence-corrected chi connectivity index (χ3v) is 5.00. The molecule has 0 bridgehead atoms. The van der Waals surface area contributed by atoms with Gasteiger partial charge >= 0.3 is 0 Å². The second-order valence-corrected chi connectivity index (χ2v) is 6.44. The Morgan fingerprint density at radius 1 is 1.06 bits per heavy atom. The first-order chi connectivity index (χ1) is 8.26. The summed E-state index contributed by atoms with van der Waals surface area (Å²) in [6.07, 6.45) is 13.0. The molecule has 1 N–H and O–H groups in total. The van der Waals surface area contributed by atoms with Gasteiger partial charge in [0.05, 0.1) is 0 Å². The minimum absolute atomic E-state index is 0.574. The molecule has 2 aliphatic carbocycles. The number of rotatable bonds is 5. The smallest absolute Gasteiger partial charge is 0.00924 e. The fourth-order valence-corrected chi connectivity index (χ4v) is 4.07. The van der Waals surface area contributed by atoms with E-state index in [4.69, 9.17) is 0 Å². The third kappa shape index (κ3) is 3.45. The van der Waals surface area contributed by atoms with E-state index in [0.29, 0.717) is 5.41 Å². The summed E-state index contributed by atoms with van der Waals surface area (Å²) in [5, 5.41) is 3.45. The minimum Gasteiger partial charge on any atom is -0.319 e. The number of nitrogens with zero attached hydrogens (tertiary/aromatic N) is 1. The topological polar surface area (TPSA) is 15.3 Å². The highest BCUT2D eigenvalue weighted by atomic mass is 15.1. The van der Waals surface area contributed by atoms with Crippen molar-refractivity contribution >= 4 is 0 Å². The van der Waals surface area contributed by atoms with Gasteiger partial charge in [-0.25, -0.2) is 0 Å². The van der Waals surface area contributed by atoms with Crippen molar-refractivity contribution < 1.29 is 0 Å². The van der Waals surface area contributed by atoms with E-state index in [0.717, 1.165) is 6.04 Å². The van der Waals surface area contributed by atoms with Gasteiger partial charge in [-0.2, -0.15) is 0 Å². The zero-order chi connectivity index (χ0) is 12.1. The summed E-state index contributed by atoms with van der Waals surface area (Å²) in [7, 11) is 4.48. The lowest BCUT2D eigenvalue weighted by Gasteiger charge is -2.42. The monoisotopic (exact) mass is 238 g/mol. The van der Waals surface area contributed by atoms with Crippen molar-refractivity contribution in [2.75, 3.05) is 27.2 Å². The Morgan fingerprint density at radius 2 is 1.71 bits per heavy atom. The summed E-state index contributed by atoms with van der Waals surface area (Å²) >= 11 is 0. The molecule has 0 spiro atoms. The van der Waals surface area contributed by atoms with Crippen LogP contribution in [0.2, 0.25) is 0 Å². The van der Waals surface area contributed by atoms with E-state index in [9.17, 15) is 0 Å². The molecule has 0 saturated heterocycles. The maximum absolute atomic E-state index is 3.45. The van der Waals surface area contributed by atoms with Crippen molar-refractivity contribution in [3.05, 3.63) is 0 Å². The number of nitrogens with one attached hydrogen (secondary N) is 1. The van der Waals surface area contributed by atoms with Gasteiger partial charge in [0, 0.05) is 19.1 Å². The van der Waals surface area contributed by atoms with E-state index >= 15 is 0 Å². The van der Waals surface area contributed by atoms with Gasteiger partial charge in [0.25, 0.3) is 0 Å². The molecule has 0 unspecified atom stereocenters. The molecule has 0 radical (unpaired) electrons. The highest BCUT2D eigenvalue weighted by Crippen LogP contribution is 2.37. The highest BCUT2D eigenvalue weighted by Gasteiger charge is 2.34. The number of hydrogen-bond donors (Lipinski definition) is 1. The first-order valence-corrected chi connectivity index (χ1v) is 7.61. The molecule has 0 aromatic carbocycles. The summed E-state index contributed by atoms with van der Waals surface area (Å²) in [4.78, 5) is 2.68. The molecule has 2 rings (SSSR count). The van der Waals surface area contributed by atoms with Crippen LogP contribution in [0.1, 0.15) is 57.8 Å². The quantitative estimate of drug-likeness (QED) is 0.792. The Kier molecular flexibility index (Phi) is 4.87. The summed E-state index contributed by atoms with van der Waals surface area (Å²) < 4.78 is 0. The van der Waals surface area contributed by atoms with Crippen LogP contribution < -0.4 is 5.32 Å². The summed E-state index contributed by atoms with van der Waals surface area (Å²) in [6, 6.07) is 0.880. The predicted octanol–water partition coefficient (Wildman–Crippen LogP) is 3.03. The Labute approximate surface area is 107 Å². The zero-order valence-electron chi connectivity index (χ0n) is 11.8. The van der Waals surface area contributed by atoms with Gasteiger partial charge < -0.3 is 10.2 Å². The SMILES string of the molecule is CNCC1(CN(C)C2CCCC2)CCCCC1. The van der Waals surface area contributed by atoms with E-state index in [1.54, 1.807) is 0 Å². The van der Waals surface area contributed by atoms with E-state index in [2.05, 4.69) is 24.3 Å². The Bertz CT molecular complexity index is 209. The highest BCUT2D eigenvalue weighted by molar-refractivity contribution is 4.89. The second-order valence-electron chi connectivity index (χ2n) is 6.44. The van der Waals surface area contributed by atoms with E-state index in [1.807, 2.05) is 0 Å². The van der Waals surface area contributed by atoms with E-state index in [1.165, 1.54) is 70.9 Å². The van der Waals surface area contributed by atoms with Crippen molar-refractivity contribution in [3.63, 3.8) is 0 Å². The van der Waals surface area contributed by atoms with Crippen molar-refractivity contribution in [1.82, 2.24) is 10.2 Å². The molecule has 0 aromatic heterocycles. The minimum atomic E-state index is 0.574. The molecule has 2 nitrogen and oxygen atoms in total. The van der Waals surface area contributed by atoms with Crippen LogP contribution in [0.4, 0.5) is 0 Å². The van der Waals surface area contributed by atoms with Gasteiger partial charge in [-0.1, -0.05) is 32.1 Å². The van der Waals surface area contributed by atoms with Gasteiger partial charge in [-0.15, -0.1) is 0 Å². The molecule has 0 aliphatic heterocycles. The summed E-state index contributed by atoms with van der Waals surface area (Å²) in [5.74, 6) is 0. The molecule has 100 valence electrons. The van der Waals surface area contributed by atoms with Crippen LogP contribution >= 0.6 is 0 Å². The van der Waals surface area contributed by atoms with Crippen LogP contribution in [0.3, 0.4) is 0 Å². The Hall–Kier alpha value is -0.0800. The molecule has 0 aromatic rings. The van der Waals surface area contributed by atoms with Gasteiger partial charge in [-0.3, -0.25) is 0 Å². The lowest BCUT2D eigenvalue weighted by Crippen LogP contribution is -2.46. The molecular formula is C15H30N2. The van der Waals surface area contributed by atoms with E-state index < -0.39 is 0 Å². The molecule has 17 heavy (non-hydrogen) atoms. The normalized spacial score (nSPS) is 25.6. The van der Waals surface area contributed by atoms with Crippen LogP contribution in [0.5, 0.6) is 0 Å². The number of hydrogen-bond acceptors (Lipinski definition) is 2. The average molecular weight is 238 g/mol. The van der Waals surface area contributed by atoms with Crippen LogP contribution in [-0.2, 0) is 0 Å².